The van der Waals surface area contributed by atoms with E-state index in [1.54, 1.807) is 12.3 Å². The van der Waals surface area contributed by atoms with Crippen LogP contribution in [0.15, 0.2) is 18.3 Å². The molecule has 0 fully saturated rings. The molecule has 4 nitrogen and oxygen atoms in total. The Labute approximate surface area is 97.1 Å². The van der Waals surface area contributed by atoms with Crippen LogP contribution < -0.4 is 10.6 Å². The predicted molar refractivity (Wildman–Crippen MR) is 67.5 cm³/mol. The Morgan fingerprint density at radius 2 is 2.06 bits per heavy atom. The van der Waals surface area contributed by atoms with Crippen LogP contribution in [0.1, 0.15) is 26.7 Å². The second-order valence-corrected chi connectivity index (χ2v) is 3.83. The van der Waals surface area contributed by atoms with E-state index in [0.717, 1.165) is 18.5 Å². The molecule has 1 aromatic rings. The van der Waals surface area contributed by atoms with E-state index in [2.05, 4.69) is 23.7 Å². The maximum Gasteiger partial charge on any atom is 0.123 e. The number of hydrogen-bond acceptors (Lipinski definition) is 4. The standard InChI is InChI=1S/C12H21N3O/c1-3-10(4-2)15(7-8-16)11-5-6-12(13)14-9-11/h5-6,9-10,16H,3-4,7-8H2,1-2H3,(H2,13,14). The molecule has 1 heterocycles. The highest BCUT2D eigenvalue weighted by Crippen LogP contribution is 2.19. The van der Waals surface area contributed by atoms with Gasteiger partial charge in [-0.2, -0.15) is 0 Å². The molecular weight excluding hydrogens is 202 g/mol. The van der Waals surface area contributed by atoms with Crippen molar-refractivity contribution in [2.24, 2.45) is 0 Å². The van der Waals surface area contributed by atoms with Gasteiger partial charge in [0.15, 0.2) is 0 Å². The molecule has 0 aliphatic carbocycles. The molecule has 0 aliphatic rings. The second-order valence-electron chi connectivity index (χ2n) is 3.83. The summed E-state index contributed by atoms with van der Waals surface area (Å²) in [7, 11) is 0. The van der Waals surface area contributed by atoms with E-state index < -0.39 is 0 Å². The summed E-state index contributed by atoms with van der Waals surface area (Å²) in [6.07, 6.45) is 3.88. The quantitative estimate of drug-likeness (QED) is 0.769. The highest BCUT2D eigenvalue weighted by Gasteiger charge is 2.15. The summed E-state index contributed by atoms with van der Waals surface area (Å²) in [6, 6.07) is 4.19. The first kappa shape index (κ1) is 12.8. The van der Waals surface area contributed by atoms with Crippen LogP contribution in [0.3, 0.4) is 0 Å². The Kier molecular flexibility index (Phi) is 5.05. The van der Waals surface area contributed by atoms with Crippen molar-refractivity contribution in [2.45, 2.75) is 32.7 Å². The summed E-state index contributed by atoms with van der Waals surface area (Å²) in [5, 5.41) is 9.11. The number of rotatable bonds is 6. The summed E-state index contributed by atoms with van der Waals surface area (Å²) in [6.45, 7) is 5.10. The molecule has 90 valence electrons. The van der Waals surface area contributed by atoms with Crippen molar-refractivity contribution in [3.05, 3.63) is 18.3 Å². The topological polar surface area (TPSA) is 62.4 Å². The zero-order chi connectivity index (χ0) is 12.0. The van der Waals surface area contributed by atoms with Gasteiger partial charge in [-0.05, 0) is 25.0 Å². The van der Waals surface area contributed by atoms with Gasteiger partial charge in [0.25, 0.3) is 0 Å². The minimum Gasteiger partial charge on any atom is -0.395 e. The van der Waals surface area contributed by atoms with Crippen molar-refractivity contribution < 1.29 is 5.11 Å². The van der Waals surface area contributed by atoms with Crippen LogP contribution in [0, 0.1) is 0 Å². The fourth-order valence-electron chi connectivity index (χ4n) is 1.93. The molecule has 0 aromatic carbocycles. The maximum atomic E-state index is 9.11. The zero-order valence-electron chi connectivity index (χ0n) is 10.1. The maximum absolute atomic E-state index is 9.11. The molecular formula is C12H21N3O. The van der Waals surface area contributed by atoms with Gasteiger partial charge in [0.05, 0.1) is 18.5 Å². The van der Waals surface area contributed by atoms with E-state index in [1.807, 2.05) is 6.07 Å². The van der Waals surface area contributed by atoms with Crippen LogP contribution in [0.5, 0.6) is 0 Å². The third-order valence-corrected chi connectivity index (χ3v) is 2.83. The minimum absolute atomic E-state index is 0.154. The van der Waals surface area contributed by atoms with Crippen molar-refractivity contribution in [3.8, 4) is 0 Å². The lowest BCUT2D eigenvalue weighted by Crippen LogP contribution is -2.36. The lowest BCUT2D eigenvalue weighted by molar-refractivity contribution is 0.296. The molecule has 0 unspecified atom stereocenters. The first-order valence-electron chi connectivity index (χ1n) is 5.81. The molecule has 0 radical (unpaired) electrons. The van der Waals surface area contributed by atoms with E-state index in [1.165, 1.54) is 0 Å². The van der Waals surface area contributed by atoms with Crippen molar-refractivity contribution in [1.82, 2.24) is 4.98 Å². The van der Waals surface area contributed by atoms with Crippen molar-refractivity contribution in [3.63, 3.8) is 0 Å². The first-order chi connectivity index (χ1) is 7.72. The van der Waals surface area contributed by atoms with Gasteiger partial charge in [0.1, 0.15) is 5.82 Å². The predicted octanol–water partition coefficient (Wildman–Crippen LogP) is 1.65. The highest BCUT2D eigenvalue weighted by atomic mass is 16.3. The van der Waals surface area contributed by atoms with Crippen LogP contribution in [0.25, 0.3) is 0 Å². The molecule has 1 aromatic heterocycles. The van der Waals surface area contributed by atoms with E-state index in [0.29, 0.717) is 18.4 Å². The van der Waals surface area contributed by atoms with Crippen LogP contribution in [0.2, 0.25) is 0 Å². The minimum atomic E-state index is 0.154. The molecule has 3 N–H and O–H groups in total. The van der Waals surface area contributed by atoms with Crippen LogP contribution in [-0.2, 0) is 0 Å². The van der Waals surface area contributed by atoms with E-state index in [-0.39, 0.29) is 6.61 Å². The molecule has 0 spiro atoms. The van der Waals surface area contributed by atoms with Gasteiger partial charge in [0.2, 0.25) is 0 Å². The second kappa shape index (κ2) is 6.33. The van der Waals surface area contributed by atoms with Gasteiger partial charge >= 0.3 is 0 Å². The molecule has 0 aliphatic heterocycles. The summed E-state index contributed by atoms with van der Waals surface area (Å²) in [4.78, 5) is 6.27. The van der Waals surface area contributed by atoms with Crippen LogP contribution >= 0.6 is 0 Å². The SMILES string of the molecule is CCC(CC)N(CCO)c1ccc(N)nc1. The number of nitrogen functional groups attached to an aromatic ring is 1. The van der Waals surface area contributed by atoms with Gasteiger partial charge in [-0.3, -0.25) is 0 Å². The number of anilines is 2. The van der Waals surface area contributed by atoms with Gasteiger partial charge in [-0.15, -0.1) is 0 Å². The Bertz CT molecular complexity index is 296. The number of pyridine rings is 1. The fourth-order valence-corrected chi connectivity index (χ4v) is 1.93. The van der Waals surface area contributed by atoms with Gasteiger partial charge in [-0.1, -0.05) is 13.8 Å². The Morgan fingerprint density at radius 1 is 1.38 bits per heavy atom. The van der Waals surface area contributed by atoms with E-state index >= 15 is 0 Å². The number of aliphatic hydroxyl groups is 1. The molecule has 0 bridgehead atoms. The highest BCUT2D eigenvalue weighted by molar-refractivity contribution is 5.48. The largest absolute Gasteiger partial charge is 0.395 e. The normalized spacial score (nSPS) is 10.8. The summed E-state index contributed by atoms with van der Waals surface area (Å²) >= 11 is 0. The third-order valence-electron chi connectivity index (χ3n) is 2.83. The van der Waals surface area contributed by atoms with Crippen molar-refractivity contribution in [1.29, 1.82) is 0 Å². The smallest absolute Gasteiger partial charge is 0.123 e. The summed E-state index contributed by atoms with van der Waals surface area (Å²) < 4.78 is 0. The lowest BCUT2D eigenvalue weighted by Gasteiger charge is -2.31. The molecule has 0 atom stereocenters. The average molecular weight is 223 g/mol. The molecule has 4 heteroatoms. The number of aromatic nitrogens is 1. The molecule has 0 amide bonds. The summed E-state index contributed by atoms with van der Waals surface area (Å²) in [5.74, 6) is 0.525. The van der Waals surface area contributed by atoms with Gasteiger partial charge < -0.3 is 15.7 Å². The lowest BCUT2D eigenvalue weighted by atomic mass is 10.1. The third kappa shape index (κ3) is 3.10. The van der Waals surface area contributed by atoms with Crippen molar-refractivity contribution >= 4 is 11.5 Å². The number of nitrogens with zero attached hydrogens (tertiary/aromatic N) is 2. The number of aliphatic hydroxyl groups excluding tert-OH is 1. The molecule has 0 saturated heterocycles. The van der Waals surface area contributed by atoms with Crippen LogP contribution in [-0.4, -0.2) is 29.3 Å². The molecule has 0 saturated carbocycles. The van der Waals surface area contributed by atoms with E-state index in [9.17, 15) is 0 Å². The Balaban J connectivity index is 2.87. The Morgan fingerprint density at radius 3 is 2.50 bits per heavy atom. The van der Waals surface area contributed by atoms with Crippen LogP contribution in [0.4, 0.5) is 11.5 Å². The molecule has 1 rings (SSSR count). The Hall–Kier alpha value is -1.29. The monoisotopic (exact) mass is 223 g/mol. The zero-order valence-corrected chi connectivity index (χ0v) is 10.1. The molecule has 16 heavy (non-hydrogen) atoms. The number of nitrogens with two attached hydrogens (primary N) is 1. The van der Waals surface area contributed by atoms with Crippen molar-refractivity contribution in [2.75, 3.05) is 23.8 Å². The summed E-state index contributed by atoms with van der Waals surface area (Å²) in [5.41, 5.74) is 6.59. The van der Waals surface area contributed by atoms with Gasteiger partial charge in [-0.25, -0.2) is 4.98 Å². The van der Waals surface area contributed by atoms with Gasteiger partial charge in [0, 0.05) is 12.6 Å². The first-order valence-corrected chi connectivity index (χ1v) is 5.81. The fraction of sp³-hybridized carbons (Fsp3) is 0.583. The average Bonchev–Trinajstić information content (AvgIpc) is 2.31. The van der Waals surface area contributed by atoms with E-state index in [4.69, 9.17) is 10.8 Å². The number of hydrogen-bond donors (Lipinski definition) is 2.